The zero-order chi connectivity index (χ0) is 19.2. The van der Waals surface area contributed by atoms with Crippen LogP contribution in [0.3, 0.4) is 0 Å². The predicted molar refractivity (Wildman–Crippen MR) is 109 cm³/mol. The summed E-state index contributed by atoms with van der Waals surface area (Å²) in [6.45, 7) is 1.81. The lowest BCUT2D eigenvalue weighted by Crippen LogP contribution is -2.18. The number of H-pyrrole nitrogens is 1. The highest BCUT2D eigenvalue weighted by atomic mass is 127. The summed E-state index contributed by atoms with van der Waals surface area (Å²) < 4.78 is 6.20. The third-order valence-electron chi connectivity index (χ3n) is 3.50. The summed E-state index contributed by atoms with van der Waals surface area (Å²) in [5.41, 5.74) is 4.71. The third kappa shape index (κ3) is 5.00. The van der Waals surface area contributed by atoms with Crippen LogP contribution in [0, 0.1) is 10.5 Å². The molecule has 0 saturated heterocycles. The van der Waals surface area contributed by atoms with Crippen molar-refractivity contribution in [3.63, 3.8) is 0 Å². The van der Waals surface area contributed by atoms with Gasteiger partial charge in [-0.2, -0.15) is 10.2 Å². The van der Waals surface area contributed by atoms with Crippen molar-refractivity contribution in [2.24, 2.45) is 5.10 Å². The highest BCUT2D eigenvalue weighted by molar-refractivity contribution is 14.1. The highest BCUT2D eigenvalue weighted by Gasteiger charge is 2.11. The Labute approximate surface area is 169 Å². The van der Waals surface area contributed by atoms with Crippen molar-refractivity contribution in [1.82, 2.24) is 15.6 Å². The van der Waals surface area contributed by atoms with Gasteiger partial charge in [-0.25, -0.2) is 10.2 Å². The number of aromatic amines is 1. The number of nitrogens with zero attached hydrogens (tertiary/aromatic N) is 2. The largest absolute Gasteiger partial charge is 0.423 e. The van der Waals surface area contributed by atoms with Crippen LogP contribution in [0.2, 0.25) is 0 Å². The molecule has 27 heavy (non-hydrogen) atoms. The lowest BCUT2D eigenvalue weighted by atomic mass is 10.2. The van der Waals surface area contributed by atoms with Crippen molar-refractivity contribution in [2.75, 3.05) is 0 Å². The summed E-state index contributed by atoms with van der Waals surface area (Å²) in [5, 5.41) is 10.4. The summed E-state index contributed by atoms with van der Waals surface area (Å²) in [4.78, 5) is 24.0. The van der Waals surface area contributed by atoms with Gasteiger partial charge in [0.25, 0.3) is 5.91 Å². The van der Waals surface area contributed by atoms with Gasteiger partial charge in [0, 0.05) is 9.26 Å². The third-order valence-corrected chi connectivity index (χ3v) is 4.44. The lowest BCUT2D eigenvalue weighted by molar-refractivity contribution is 0.0733. The summed E-state index contributed by atoms with van der Waals surface area (Å²) in [7, 11) is 0. The van der Waals surface area contributed by atoms with E-state index < -0.39 is 11.9 Å². The monoisotopic (exact) mass is 474 g/mol. The van der Waals surface area contributed by atoms with E-state index in [2.05, 4.69) is 43.3 Å². The van der Waals surface area contributed by atoms with Crippen LogP contribution >= 0.6 is 22.6 Å². The van der Waals surface area contributed by atoms with Gasteiger partial charge in [-0.3, -0.25) is 9.89 Å². The number of amides is 1. The fourth-order valence-electron chi connectivity index (χ4n) is 2.17. The number of carbonyl (C=O) groups excluding carboxylic acids is 2. The zero-order valence-electron chi connectivity index (χ0n) is 14.3. The molecule has 7 nitrogen and oxygen atoms in total. The van der Waals surface area contributed by atoms with E-state index in [1.165, 1.54) is 6.21 Å². The molecule has 1 aromatic heterocycles. The smallest absolute Gasteiger partial charge is 0.344 e. The van der Waals surface area contributed by atoms with Crippen LogP contribution in [0.5, 0.6) is 5.75 Å². The summed E-state index contributed by atoms with van der Waals surface area (Å²) in [5.74, 6) is -0.394. The molecule has 3 aromatic rings. The normalized spacial score (nSPS) is 10.7. The fraction of sp³-hybridized carbons (Fsp3) is 0.0526. The first-order valence-corrected chi connectivity index (χ1v) is 9.03. The van der Waals surface area contributed by atoms with E-state index in [4.69, 9.17) is 4.74 Å². The maximum Gasteiger partial charge on any atom is 0.344 e. The van der Waals surface area contributed by atoms with Crippen LogP contribution in [0.4, 0.5) is 0 Å². The number of halogens is 1. The molecule has 8 heteroatoms. The molecule has 1 heterocycles. The Morgan fingerprint density at radius 2 is 1.93 bits per heavy atom. The summed E-state index contributed by atoms with van der Waals surface area (Å²) in [6, 6.07) is 15.6. The van der Waals surface area contributed by atoms with Gasteiger partial charge < -0.3 is 4.74 Å². The topological polar surface area (TPSA) is 96.4 Å². The maximum atomic E-state index is 12.2. The average molecular weight is 474 g/mol. The first-order valence-electron chi connectivity index (χ1n) is 7.95. The lowest BCUT2D eigenvalue weighted by Gasteiger charge is -2.06. The Morgan fingerprint density at radius 1 is 1.19 bits per heavy atom. The Morgan fingerprint density at radius 3 is 2.59 bits per heavy atom. The highest BCUT2D eigenvalue weighted by Crippen LogP contribution is 2.17. The fourth-order valence-corrected chi connectivity index (χ4v) is 2.78. The molecule has 0 unspecified atom stereocenters. The molecule has 0 aliphatic heterocycles. The number of ether oxygens (including phenoxy) is 1. The minimum Gasteiger partial charge on any atom is -0.423 e. The van der Waals surface area contributed by atoms with Crippen LogP contribution in [0.15, 0.2) is 59.7 Å². The van der Waals surface area contributed by atoms with Crippen LogP contribution in [-0.4, -0.2) is 28.3 Å². The number of benzene rings is 2. The van der Waals surface area contributed by atoms with Crippen molar-refractivity contribution in [1.29, 1.82) is 0 Å². The van der Waals surface area contributed by atoms with Gasteiger partial charge in [-0.05, 0) is 77.5 Å². The van der Waals surface area contributed by atoms with Gasteiger partial charge in [0.15, 0.2) is 5.69 Å². The van der Waals surface area contributed by atoms with Crippen LogP contribution < -0.4 is 10.2 Å². The van der Waals surface area contributed by atoms with Crippen LogP contribution in [0.25, 0.3) is 0 Å². The van der Waals surface area contributed by atoms with E-state index in [9.17, 15) is 9.59 Å². The molecular formula is C19H15IN4O3. The summed E-state index contributed by atoms with van der Waals surface area (Å²) in [6.07, 6.45) is 1.49. The minimum absolute atomic E-state index is 0.266. The number of carbonyl (C=O) groups is 2. The number of hydrogen-bond donors (Lipinski definition) is 2. The Kier molecular flexibility index (Phi) is 5.97. The first kappa shape index (κ1) is 18.8. The standard InChI is InChI=1S/C19H15IN4O3/c1-12-10-17(23-22-12)18(25)24-21-11-13-6-8-14(9-7-13)27-19(26)15-4-2-3-5-16(15)20/h2-11H,1H3,(H,22,23)(H,24,25)/b21-11+. The number of rotatable bonds is 5. The maximum absolute atomic E-state index is 12.2. The second-order valence-electron chi connectivity index (χ2n) is 5.57. The van der Waals surface area contributed by atoms with E-state index in [1.807, 2.05) is 12.1 Å². The zero-order valence-corrected chi connectivity index (χ0v) is 16.4. The van der Waals surface area contributed by atoms with Crippen molar-refractivity contribution in [3.8, 4) is 5.75 Å². The van der Waals surface area contributed by atoms with Crippen molar-refractivity contribution in [2.45, 2.75) is 6.92 Å². The van der Waals surface area contributed by atoms with Gasteiger partial charge in [0.05, 0.1) is 11.8 Å². The van der Waals surface area contributed by atoms with Crippen molar-refractivity contribution in [3.05, 3.63) is 80.7 Å². The average Bonchev–Trinajstić information content (AvgIpc) is 3.10. The number of hydrazone groups is 1. The quantitative estimate of drug-likeness (QED) is 0.195. The molecule has 1 amide bonds. The van der Waals surface area contributed by atoms with Crippen LogP contribution in [0.1, 0.15) is 32.1 Å². The van der Waals surface area contributed by atoms with E-state index in [1.54, 1.807) is 49.4 Å². The van der Waals surface area contributed by atoms with Crippen LogP contribution in [-0.2, 0) is 0 Å². The second-order valence-corrected chi connectivity index (χ2v) is 6.74. The molecule has 0 fully saturated rings. The van der Waals surface area contributed by atoms with Crippen molar-refractivity contribution >= 4 is 40.7 Å². The molecule has 3 rings (SSSR count). The Hall–Kier alpha value is -3.01. The predicted octanol–water partition coefficient (Wildman–Crippen LogP) is 3.31. The van der Waals surface area contributed by atoms with Gasteiger partial charge in [0.1, 0.15) is 5.75 Å². The number of esters is 1. The molecule has 0 atom stereocenters. The van der Waals surface area contributed by atoms with Crippen molar-refractivity contribution < 1.29 is 14.3 Å². The molecule has 0 radical (unpaired) electrons. The molecule has 0 saturated carbocycles. The Balaban J connectivity index is 1.58. The van der Waals surface area contributed by atoms with Gasteiger partial charge in [-0.1, -0.05) is 12.1 Å². The molecule has 0 spiro atoms. The molecule has 136 valence electrons. The van der Waals surface area contributed by atoms with E-state index in [0.29, 0.717) is 11.3 Å². The molecule has 2 aromatic carbocycles. The number of hydrogen-bond acceptors (Lipinski definition) is 5. The SMILES string of the molecule is Cc1cc(C(=O)N/N=C/c2ccc(OC(=O)c3ccccc3I)cc2)n[nH]1. The molecule has 0 aliphatic rings. The molecule has 0 aliphatic carbocycles. The molecular weight excluding hydrogens is 459 g/mol. The Bertz CT molecular complexity index is 996. The van der Waals surface area contributed by atoms with E-state index in [0.717, 1.165) is 14.8 Å². The summed E-state index contributed by atoms with van der Waals surface area (Å²) >= 11 is 2.09. The van der Waals surface area contributed by atoms with Gasteiger partial charge in [0.2, 0.25) is 0 Å². The van der Waals surface area contributed by atoms with Gasteiger partial charge in [-0.15, -0.1) is 0 Å². The number of nitrogens with one attached hydrogen (secondary N) is 2. The van der Waals surface area contributed by atoms with E-state index >= 15 is 0 Å². The molecule has 0 bridgehead atoms. The number of aryl methyl sites for hydroxylation is 1. The van der Waals surface area contributed by atoms with Gasteiger partial charge >= 0.3 is 5.97 Å². The minimum atomic E-state index is -0.414. The second kappa shape index (κ2) is 8.58. The first-order chi connectivity index (χ1) is 13.0. The van der Waals surface area contributed by atoms with E-state index in [-0.39, 0.29) is 5.69 Å². The molecule has 2 N–H and O–H groups in total. The number of aromatic nitrogens is 2.